The number of hydrogen-bond donors (Lipinski definition) is 2. The lowest BCUT2D eigenvalue weighted by Gasteiger charge is -2.24. The zero-order valence-electron chi connectivity index (χ0n) is 8.29. The highest BCUT2D eigenvalue weighted by atomic mass is 32.2. The molecular weight excluding hydrogens is 222 g/mol. The Bertz CT molecular complexity index is 326. The second-order valence-electron chi connectivity index (χ2n) is 3.64. The summed E-state index contributed by atoms with van der Waals surface area (Å²) in [5.74, 6) is -0.896. The van der Waals surface area contributed by atoms with Crippen LogP contribution < -0.4 is 0 Å². The molecule has 0 aliphatic carbocycles. The molecule has 1 fully saturated rings. The molecule has 2 N–H and O–H groups in total. The van der Waals surface area contributed by atoms with E-state index in [2.05, 4.69) is 0 Å². The Morgan fingerprint density at radius 3 is 2.53 bits per heavy atom. The lowest BCUT2D eigenvalue weighted by atomic mass is 10.2. The van der Waals surface area contributed by atoms with Gasteiger partial charge in [-0.05, 0) is 6.42 Å². The summed E-state index contributed by atoms with van der Waals surface area (Å²) in [5.41, 5.74) is 0. The zero-order valence-corrected chi connectivity index (χ0v) is 9.11. The Balaban J connectivity index is 2.61. The zero-order chi connectivity index (χ0) is 11.5. The molecular formula is C8H15NO5S. The first-order valence-corrected chi connectivity index (χ1v) is 6.54. The second-order valence-corrected chi connectivity index (χ2v) is 5.87. The number of rotatable bonds is 5. The molecule has 0 aromatic heterocycles. The van der Waals surface area contributed by atoms with Crippen LogP contribution >= 0.6 is 0 Å². The van der Waals surface area contributed by atoms with Crippen LogP contribution in [-0.4, -0.2) is 66.7 Å². The maximum atomic E-state index is 11.2. The van der Waals surface area contributed by atoms with Gasteiger partial charge in [0.2, 0.25) is 0 Å². The quantitative estimate of drug-likeness (QED) is 0.607. The van der Waals surface area contributed by atoms with Crippen LogP contribution in [0.2, 0.25) is 0 Å². The minimum Gasteiger partial charge on any atom is -0.480 e. The van der Waals surface area contributed by atoms with Crippen molar-refractivity contribution in [1.82, 2.24) is 4.90 Å². The summed E-state index contributed by atoms with van der Waals surface area (Å²) in [7, 11) is -3.01. The fraction of sp³-hybridized carbons (Fsp3) is 0.875. The van der Waals surface area contributed by atoms with Gasteiger partial charge in [-0.1, -0.05) is 0 Å². The van der Waals surface area contributed by atoms with Crippen molar-refractivity contribution < 1.29 is 23.4 Å². The van der Waals surface area contributed by atoms with Crippen LogP contribution in [0, 0.1) is 0 Å². The average Bonchev–Trinajstić information content (AvgIpc) is 2.44. The lowest BCUT2D eigenvalue weighted by Crippen LogP contribution is -2.41. The summed E-state index contributed by atoms with van der Waals surface area (Å²) in [5, 5.41) is 17.4. The predicted octanol–water partition coefficient (Wildman–Crippen LogP) is -1.45. The third-order valence-electron chi connectivity index (χ3n) is 2.45. The van der Waals surface area contributed by atoms with Gasteiger partial charge in [-0.25, -0.2) is 8.42 Å². The van der Waals surface area contributed by atoms with Gasteiger partial charge >= 0.3 is 5.97 Å². The van der Waals surface area contributed by atoms with Crippen LogP contribution in [0.4, 0.5) is 0 Å². The normalized spacial score (nSPS) is 24.5. The molecule has 0 radical (unpaired) electrons. The molecule has 1 atom stereocenters. The molecule has 6 nitrogen and oxygen atoms in total. The Hall–Kier alpha value is -0.660. The minimum atomic E-state index is -3.01. The third-order valence-corrected chi connectivity index (χ3v) is 4.20. The first kappa shape index (κ1) is 12.4. The van der Waals surface area contributed by atoms with Gasteiger partial charge in [-0.2, -0.15) is 0 Å². The Kier molecular flexibility index (Phi) is 4.06. The number of carbonyl (C=O) groups is 1. The van der Waals surface area contributed by atoms with Crippen molar-refractivity contribution in [2.45, 2.75) is 12.5 Å². The van der Waals surface area contributed by atoms with Crippen molar-refractivity contribution in [3.05, 3.63) is 0 Å². The predicted molar refractivity (Wildman–Crippen MR) is 53.4 cm³/mol. The third kappa shape index (κ3) is 3.77. The summed E-state index contributed by atoms with van der Waals surface area (Å²) in [6, 6.07) is -0.266. The van der Waals surface area contributed by atoms with Gasteiger partial charge in [0.05, 0.1) is 24.7 Å². The molecule has 0 aromatic rings. The molecule has 1 aliphatic heterocycles. The molecule has 1 heterocycles. The molecule has 0 amide bonds. The molecule has 15 heavy (non-hydrogen) atoms. The number of carboxylic acids is 1. The number of sulfone groups is 1. The molecule has 1 unspecified atom stereocenters. The molecule has 1 aliphatic rings. The van der Waals surface area contributed by atoms with Gasteiger partial charge in [0.25, 0.3) is 0 Å². The van der Waals surface area contributed by atoms with Crippen molar-refractivity contribution in [1.29, 1.82) is 0 Å². The van der Waals surface area contributed by atoms with E-state index in [4.69, 9.17) is 10.2 Å². The largest absolute Gasteiger partial charge is 0.480 e. The van der Waals surface area contributed by atoms with Gasteiger partial charge in [0.15, 0.2) is 9.84 Å². The number of hydrogen-bond acceptors (Lipinski definition) is 5. The average molecular weight is 237 g/mol. The van der Waals surface area contributed by atoms with Gasteiger partial charge in [0, 0.05) is 12.6 Å². The highest BCUT2D eigenvalue weighted by Crippen LogP contribution is 2.17. The fourth-order valence-corrected chi connectivity index (χ4v) is 3.52. The Labute approximate surface area is 88.4 Å². The summed E-state index contributed by atoms with van der Waals surface area (Å²) in [4.78, 5) is 12.0. The van der Waals surface area contributed by atoms with E-state index in [1.54, 1.807) is 0 Å². The SMILES string of the molecule is O=C(O)CN(CCO)C1CCS(=O)(=O)C1. The molecule has 88 valence electrons. The van der Waals surface area contributed by atoms with E-state index in [1.165, 1.54) is 4.90 Å². The first-order chi connectivity index (χ1) is 6.94. The first-order valence-electron chi connectivity index (χ1n) is 4.72. The van der Waals surface area contributed by atoms with Gasteiger partial charge in [-0.3, -0.25) is 9.69 Å². The number of nitrogens with zero attached hydrogens (tertiary/aromatic N) is 1. The minimum absolute atomic E-state index is 0.000278. The van der Waals surface area contributed by atoms with Crippen LogP contribution in [0.15, 0.2) is 0 Å². The van der Waals surface area contributed by atoms with Crippen molar-refractivity contribution in [2.75, 3.05) is 31.2 Å². The van der Waals surface area contributed by atoms with Crippen LogP contribution in [0.5, 0.6) is 0 Å². The van der Waals surface area contributed by atoms with E-state index in [0.29, 0.717) is 6.42 Å². The van der Waals surface area contributed by atoms with Gasteiger partial charge in [0.1, 0.15) is 0 Å². The van der Waals surface area contributed by atoms with E-state index in [9.17, 15) is 13.2 Å². The van der Waals surface area contributed by atoms with E-state index in [-0.39, 0.29) is 37.2 Å². The number of aliphatic hydroxyl groups excluding tert-OH is 1. The van der Waals surface area contributed by atoms with Crippen LogP contribution in [0.3, 0.4) is 0 Å². The van der Waals surface area contributed by atoms with Crippen molar-refractivity contribution in [3.63, 3.8) is 0 Å². The highest BCUT2D eigenvalue weighted by molar-refractivity contribution is 7.91. The molecule has 7 heteroatoms. The molecule has 0 spiro atoms. The van der Waals surface area contributed by atoms with E-state index in [1.807, 2.05) is 0 Å². The Morgan fingerprint density at radius 2 is 2.13 bits per heavy atom. The van der Waals surface area contributed by atoms with Crippen molar-refractivity contribution >= 4 is 15.8 Å². The summed E-state index contributed by atoms with van der Waals surface area (Å²) in [6.45, 7) is -0.183. The summed E-state index contributed by atoms with van der Waals surface area (Å²) >= 11 is 0. The topological polar surface area (TPSA) is 94.9 Å². The maximum Gasteiger partial charge on any atom is 0.317 e. The molecule has 0 saturated carbocycles. The second kappa shape index (κ2) is 4.91. The van der Waals surface area contributed by atoms with E-state index in [0.717, 1.165) is 0 Å². The van der Waals surface area contributed by atoms with Crippen LogP contribution in [0.25, 0.3) is 0 Å². The van der Waals surface area contributed by atoms with E-state index < -0.39 is 15.8 Å². The van der Waals surface area contributed by atoms with Crippen molar-refractivity contribution in [2.24, 2.45) is 0 Å². The smallest absolute Gasteiger partial charge is 0.317 e. The summed E-state index contributed by atoms with van der Waals surface area (Å²) < 4.78 is 22.4. The van der Waals surface area contributed by atoms with Crippen LogP contribution in [-0.2, 0) is 14.6 Å². The van der Waals surface area contributed by atoms with E-state index >= 15 is 0 Å². The van der Waals surface area contributed by atoms with Gasteiger partial charge < -0.3 is 10.2 Å². The number of aliphatic carboxylic acids is 1. The summed E-state index contributed by atoms with van der Waals surface area (Å²) in [6.07, 6.45) is 0.454. The number of aliphatic hydroxyl groups is 1. The molecule has 0 aromatic carbocycles. The van der Waals surface area contributed by atoms with Gasteiger partial charge in [-0.15, -0.1) is 0 Å². The molecule has 0 bridgehead atoms. The molecule has 1 saturated heterocycles. The molecule has 1 rings (SSSR count). The fourth-order valence-electron chi connectivity index (χ4n) is 1.76. The van der Waals surface area contributed by atoms with Crippen LogP contribution in [0.1, 0.15) is 6.42 Å². The Morgan fingerprint density at radius 1 is 1.47 bits per heavy atom. The highest BCUT2D eigenvalue weighted by Gasteiger charge is 2.32. The number of carboxylic acid groups (broad SMARTS) is 1. The van der Waals surface area contributed by atoms with Crippen molar-refractivity contribution in [3.8, 4) is 0 Å². The standard InChI is InChI=1S/C8H15NO5S/c10-3-2-9(5-8(11)12)7-1-4-15(13,14)6-7/h7,10H,1-6H2,(H,11,12). The lowest BCUT2D eigenvalue weighted by molar-refractivity contribution is -0.138. The monoisotopic (exact) mass is 237 g/mol. The maximum absolute atomic E-state index is 11.2.